The van der Waals surface area contributed by atoms with Crippen LogP contribution in [-0.4, -0.2) is 32.1 Å². The van der Waals surface area contributed by atoms with Gasteiger partial charge in [-0.05, 0) is 73.5 Å². The predicted octanol–water partition coefficient (Wildman–Crippen LogP) is 4.97. The van der Waals surface area contributed by atoms with E-state index in [0.717, 1.165) is 5.56 Å². The van der Waals surface area contributed by atoms with Gasteiger partial charge in [0.05, 0.1) is 13.7 Å². The molecule has 0 unspecified atom stereocenters. The van der Waals surface area contributed by atoms with Gasteiger partial charge >= 0.3 is 0 Å². The first-order chi connectivity index (χ1) is 17.4. The van der Waals surface area contributed by atoms with Gasteiger partial charge in [-0.25, -0.2) is 0 Å². The van der Waals surface area contributed by atoms with Crippen molar-refractivity contribution in [1.29, 1.82) is 5.26 Å². The van der Waals surface area contributed by atoms with Crippen molar-refractivity contribution in [3.8, 4) is 23.3 Å². The quantitative estimate of drug-likeness (QED) is 0.310. The largest absolute Gasteiger partial charge is 0.497 e. The minimum Gasteiger partial charge on any atom is -0.497 e. The molecule has 2 N–H and O–H groups in total. The summed E-state index contributed by atoms with van der Waals surface area (Å²) in [5.41, 5.74) is 2.65. The topological polar surface area (TPSA) is 110 Å². The van der Waals surface area contributed by atoms with Crippen LogP contribution in [0.2, 0.25) is 0 Å². The van der Waals surface area contributed by atoms with Crippen molar-refractivity contribution < 1.29 is 23.8 Å². The fraction of sp³-hybridized carbons (Fsp3) is 0.179. The van der Waals surface area contributed by atoms with Crippen molar-refractivity contribution in [2.45, 2.75) is 13.8 Å². The van der Waals surface area contributed by atoms with Crippen LogP contribution < -0.4 is 24.8 Å². The number of anilines is 2. The second-order valence-electron chi connectivity index (χ2n) is 7.64. The van der Waals surface area contributed by atoms with Gasteiger partial charge in [-0.3, -0.25) is 9.59 Å². The highest BCUT2D eigenvalue weighted by Gasteiger charge is 2.13. The summed E-state index contributed by atoms with van der Waals surface area (Å²) in [6.07, 6.45) is 1.47. The molecule has 3 aromatic carbocycles. The van der Waals surface area contributed by atoms with Crippen LogP contribution in [0.15, 0.2) is 72.3 Å². The number of methoxy groups -OCH3 is 1. The van der Waals surface area contributed by atoms with E-state index < -0.39 is 5.91 Å². The number of hydrogen-bond acceptors (Lipinski definition) is 6. The number of hydrogen-bond donors (Lipinski definition) is 2. The number of para-hydroxylation sites is 1. The number of ether oxygens (including phenoxy) is 3. The minimum atomic E-state index is -0.514. The smallest absolute Gasteiger partial charge is 0.266 e. The minimum absolute atomic E-state index is 0.0618. The van der Waals surface area contributed by atoms with E-state index in [9.17, 15) is 14.9 Å². The first-order valence-corrected chi connectivity index (χ1v) is 11.3. The number of amides is 2. The Hall–Kier alpha value is -4.77. The number of nitrogens with one attached hydrogen (secondary N) is 2. The molecule has 0 saturated heterocycles. The Labute approximate surface area is 210 Å². The van der Waals surface area contributed by atoms with Crippen LogP contribution in [0.5, 0.6) is 17.2 Å². The van der Waals surface area contributed by atoms with E-state index in [4.69, 9.17) is 14.2 Å². The fourth-order valence-electron chi connectivity index (χ4n) is 3.23. The molecular formula is C28H27N3O5. The van der Waals surface area contributed by atoms with Gasteiger partial charge in [-0.1, -0.05) is 24.3 Å². The first-order valence-electron chi connectivity index (χ1n) is 11.3. The molecule has 184 valence electrons. The molecule has 0 spiro atoms. The summed E-state index contributed by atoms with van der Waals surface area (Å²) < 4.78 is 16.4. The zero-order valence-electron chi connectivity index (χ0n) is 20.3. The molecule has 0 atom stereocenters. The molecule has 2 amide bonds. The van der Waals surface area contributed by atoms with Gasteiger partial charge in [0.15, 0.2) is 18.1 Å². The molecule has 0 bridgehead atoms. The Balaban J connectivity index is 1.69. The number of carbonyl (C=O) groups is 2. The molecular weight excluding hydrogens is 458 g/mol. The van der Waals surface area contributed by atoms with E-state index in [0.29, 0.717) is 40.8 Å². The van der Waals surface area contributed by atoms with E-state index in [2.05, 4.69) is 10.6 Å². The van der Waals surface area contributed by atoms with Crippen molar-refractivity contribution >= 4 is 29.3 Å². The maximum absolute atomic E-state index is 12.6. The number of rotatable bonds is 10. The molecule has 0 fully saturated rings. The molecule has 0 radical (unpaired) electrons. The highest BCUT2D eigenvalue weighted by Crippen LogP contribution is 2.29. The summed E-state index contributed by atoms with van der Waals surface area (Å²) in [4.78, 5) is 24.9. The maximum atomic E-state index is 12.6. The second kappa shape index (κ2) is 12.6. The van der Waals surface area contributed by atoms with Crippen LogP contribution in [-0.2, 0) is 9.59 Å². The molecule has 0 aromatic heterocycles. The van der Waals surface area contributed by atoms with Crippen molar-refractivity contribution in [2.75, 3.05) is 31.0 Å². The lowest BCUT2D eigenvalue weighted by molar-refractivity contribution is -0.118. The molecule has 3 rings (SSSR count). The third-order valence-corrected chi connectivity index (χ3v) is 5.07. The summed E-state index contributed by atoms with van der Waals surface area (Å²) in [6, 6.07) is 21.2. The number of carbonyl (C=O) groups excluding carboxylic acids is 2. The van der Waals surface area contributed by atoms with Gasteiger partial charge in [0.2, 0.25) is 0 Å². The molecule has 0 aliphatic heterocycles. The predicted molar refractivity (Wildman–Crippen MR) is 138 cm³/mol. The Kier molecular flexibility index (Phi) is 9.06. The molecule has 0 aliphatic rings. The van der Waals surface area contributed by atoms with Gasteiger partial charge in [-0.2, -0.15) is 5.26 Å². The lowest BCUT2D eigenvalue weighted by Crippen LogP contribution is -2.20. The highest BCUT2D eigenvalue weighted by molar-refractivity contribution is 6.10. The van der Waals surface area contributed by atoms with Gasteiger partial charge < -0.3 is 24.8 Å². The van der Waals surface area contributed by atoms with E-state index >= 15 is 0 Å². The number of aryl methyl sites for hydroxylation is 1. The van der Waals surface area contributed by atoms with E-state index in [-0.39, 0.29) is 18.1 Å². The van der Waals surface area contributed by atoms with Gasteiger partial charge in [0, 0.05) is 11.4 Å². The third kappa shape index (κ3) is 7.11. The summed E-state index contributed by atoms with van der Waals surface area (Å²) in [5, 5.41) is 15.0. The monoisotopic (exact) mass is 485 g/mol. The summed E-state index contributed by atoms with van der Waals surface area (Å²) in [6.45, 7) is 3.82. The molecule has 8 nitrogen and oxygen atoms in total. The number of nitrogens with zero attached hydrogens (tertiary/aromatic N) is 1. The summed E-state index contributed by atoms with van der Waals surface area (Å²) in [7, 11) is 1.57. The first kappa shape index (κ1) is 25.8. The molecule has 0 aliphatic carbocycles. The zero-order chi connectivity index (χ0) is 25.9. The van der Waals surface area contributed by atoms with Crippen molar-refractivity contribution in [1.82, 2.24) is 0 Å². The average Bonchev–Trinajstić information content (AvgIpc) is 2.88. The fourth-order valence-corrected chi connectivity index (χ4v) is 3.23. The van der Waals surface area contributed by atoms with Crippen LogP contribution >= 0.6 is 0 Å². The number of nitriles is 1. The molecule has 0 heterocycles. The SMILES string of the molecule is CCOc1cc(/C=C(/C#N)C(=O)Nc2ccccc2C)ccc1OCC(=O)Nc1ccc(OC)cc1. The molecule has 36 heavy (non-hydrogen) atoms. The average molecular weight is 486 g/mol. The van der Waals surface area contributed by atoms with Gasteiger partial charge in [-0.15, -0.1) is 0 Å². The van der Waals surface area contributed by atoms with Crippen LogP contribution in [0, 0.1) is 18.3 Å². The highest BCUT2D eigenvalue weighted by atomic mass is 16.5. The molecule has 3 aromatic rings. The van der Waals surface area contributed by atoms with Crippen molar-refractivity contribution in [2.24, 2.45) is 0 Å². The summed E-state index contributed by atoms with van der Waals surface area (Å²) >= 11 is 0. The van der Waals surface area contributed by atoms with E-state index in [1.54, 1.807) is 55.6 Å². The van der Waals surface area contributed by atoms with Crippen molar-refractivity contribution in [3.63, 3.8) is 0 Å². The van der Waals surface area contributed by atoms with Gasteiger partial charge in [0.1, 0.15) is 17.4 Å². The molecule has 0 saturated carbocycles. The molecule has 8 heteroatoms. The Bertz CT molecular complexity index is 1290. The normalized spacial score (nSPS) is 10.7. The van der Waals surface area contributed by atoms with E-state index in [1.165, 1.54) is 6.08 Å². The second-order valence-corrected chi connectivity index (χ2v) is 7.64. The number of benzene rings is 3. The van der Waals surface area contributed by atoms with Gasteiger partial charge in [0.25, 0.3) is 11.8 Å². The van der Waals surface area contributed by atoms with Crippen LogP contribution in [0.3, 0.4) is 0 Å². The summed E-state index contributed by atoms with van der Waals surface area (Å²) in [5.74, 6) is 0.584. The third-order valence-electron chi connectivity index (χ3n) is 5.07. The standard InChI is InChI=1S/C28H27N3O5/c1-4-35-26-16-20(15-21(17-29)28(33)31-24-8-6-5-7-19(24)2)9-14-25(26)36-18-27(32)30-22-10-12-23(34-3)13-11-22/h5-16H,4,18H2,1-3H3,(H,30,32)(H,31,33)/b21-15-. The van der Waals surface area contributed by atoms with Crippen LogP contribution in [0.1, 0.15) is 18.1 Å². The Morgan fingerprint density at radius 1 is 0.972 bits per heavy atom. The van der Waals surface area contributed by atoms with Crippen LogP contribution in [0.25, 0.3) is 6.08 Å². The van der Waals surface area contributed by atoms with E-state index in [1.807, 2.05) is 38.1 Å². The maximum Gasteiger partial charge on any atom is 0.266 e. The lowest BCUT2D eigenvalue weighted by Gasteiger charge is -2.13. The lowest BCUT2D eigenvalue weighted by atomic mass is 10.1. The Morgan fingerprint density at radius 2 is 1.72 bits per heavy atom. The zero-order valence-corrected chi connectivity index (χ0v) is 20.3. The van der Waals surface area contributed by atoms with Crippen molar-refractivity contribution in [3.05, 3.63) is 83.4 Å². The Morgan fingerprint density at radius 3 is 2.39 bits per heavy atom. The van der Waals surface area contributed by atoms with Crippen LogP contribution in [0.4, 0.5) is 11.4 Å².